The molecule has 0 saturated carbocycles. The van der Waals surface area contributed by atoms with Crippen LogP contribution < -0.4 is 5.32 Å². The first-order chi connectivity index (χ1) is 12.0. The van der Waals surface area contributed by atoms with Crippen molar-refractivity contribution in [3.63, 3.8) is 0 Å². The van der Waals surface area contributed by atoms with Gasteiger partial charge in [0.2, 0.25) is 0 Å². The lowest BCUT2D eigenvalue weighted by molar-refractivity contribution is -0.143. The summed E-state index contributed by atoms with van der Waals surface area (Å²) in [5.74, 6) is 0.325. The number of carbonyl (C=O) groups excluding carboxylic acids is 2. The zero-order chi connectivity index (χ0) is 18.2. The fourth-order valence-electron chi connectivity index (χ4n) is 2.45. The van der Waals surface area contributed by atoms with E-state index in [1.54, 1.807) is 25.3 Å². The first-order valence-corrected chi connectivity index (χ1v) is 8.30. The molecule has 0 aliphatic heterocycles. The third-order valence-corrected chi connectivity index (χ3v) is 3.73. The number of carbonyl (C=O) groups is 2. The van der Waals surface area contributed by atoms with E-state index < -0.39 is 0 Å². The van der Waals surface area contributed by atoms with Gasteiger partial charge in [0.1, 0.15) is 5.76 Å². The fraction of sp³-hybridized carbons (Fsp3) is 0.368. The number of esters is 1. The van der Waals surface area contributed by atoms with Crippen molar-refractivity contribution >= 4 is 17.7 Å². The van der Waals surface area contributed by atoms with Crippen molar-refractivity contribution in [3.8, 4) is 0 Å². The van der Waals surface area contributed by atoms with E-state index >= 15 is 0 Å². The van der Waals surface area contributed by atoms with Gasteiger partial charge in [0.05, 0.1) is 25.8 Å². The zero-order valence-electron chi connectivity index (χ0n) is 14.9. The van der Waals surface area contributed by atoms with Crippen LogP contribution in [0.15, 0.2) is 41.0 Å². The van der Waals surface area contributed by atoms with E-state index in [2.05, 4.69) is 5.32 Å². The summed E-state index contributed by atoms with van der Waals surface area (Å²) in [6, 6.07) is 9.10. The maximum Gasteiger partial charge on any atom is 0.322 e. The maximum absolute atomic E-state index is 12.7. The summed E-state index contributed by atoms with van der Waals surface area (Å²) in [6.45, 7) is 6.55. The van der Waals surface area contributed by atoms with Crippen LogP contribution in [0.5, 0.6) is 0 Å². The third kappa shape index (κ3) is 5.67. The molecule has 0 spiro atoms. The summed E-state index contributed by atoms with van der Waals surface area (Å²) in [5.41, 5.74) is 2.86. The molecule has 1 N–H and O–H groups in total. The van der Waals surface area contributed by atoms with Crippen molar-refractivity contribution in [2.24, 2.45) is 0 Å². The molecule has 25 heavy (non-hydrogen) atoms. The van der Waals surface area contributed by atoms with Crippen molar-refractivity contribution < 1.29 is 18.7 Å². The maximum atomic E-state index is 12.7. The van der Waals surface area contributed by atoms with E-state index in [1.807, 2.05) is 32.0 Å². The highest BCUT2D eigenvalue weighted by Crippen LogP contribution is 2.17. The van der Waals surface area contributed by atoms with Gasteiger partial charge in [0.15, 0.2) is 0 Å². The number of ether oxygens (including phenoxy) is 1. The fourth-order valence-corrected chi connectivity index (χ4v) is 2.45. The first kappa shape index (κ1) is 18.6. The summed E-state index contributed by atoms with van der Waals surface area (Å²) in [5, 5.41) is 2.90. The van der Waals surface area contributed by atoms with Gasteiger partial charge in [-0.25, -0.2) is 4.79 Å². The van der Waals surface area contributed by atoms with Crippen molar-refractivity contribution in [2.45, 2.75) is 33.7 Å². The molecule has 0 unspecified atom stereocenters. The van der Waals surface area contributed by atoms with Gasteiger partial charge in [0, 0.05) is 12.2 Å². The number of hydrogen-bond donors (Lipinski definition) is 1. The largest absolute Gasteiger partial charge is 0.467 e. The number of hydrogen-bond acceptors (Lipinski definition) is 4. The Bertz CT molecular complexity index is 710. The van der Waals surface area contributed by atoms with E-state index in [-0.39, 0.29) is 31.5 Å². The molecule has 0 atom stereocenters. The monoisotopic (exact) mass is 344 g/mol. The number of rotatable bonds is 7. The average Bonchev–Trinajstić information content (AvgIpc) is 3.07. The highest BCUT2D eigenvalue weighted by Gasteiger charge is 2.18. The Balaban J connectivity index is 2.06. The Morgan fingerprint density at radius 1 is 1.24 bits per heavy atom. The quantitative estimate of drug-likeness (QED) is 0.774. The summed E-state index contributed by atoms with van der Waals surface area (Å²) in [4.78, 5) is 25.8. The summed E-state index contributed by atoms with van der Waals surface area (Å²) < 4.78 is 10.3. The smallest absolute Gasteiger partial charge is 0.322 e. The molecule has 0 fully saturated rings. The Kier molecular flexibility index (Phi) is 6.62. The molecule has 1 aromatic carbocycles. The van der Waals surface area contributed by atoms with Crippen LogP contribution in [0.1, 0.15) is 30.2 Å². The van der Waals surface area contributed by atoms with Crippen LogP contribution in [0.3, 0.4) is 0 Å². The van der Waals surface area contributed by atoms with Crippen molar-refractivity contribution in [2.75, 3.05) is 18.5 Å². The second kappa shape index (κ2) is 8.92. The van der Waals surface area contributed by atoms with Gasteiger partial charge in [-0.2, -0.15) is 0 Å². The molecule has 2 rings (SSSR count). The minimum Gasteiger partial charge on any atom is -0.467 e. The molecule has 0 aliphatic carbocycles. The lowest BCUT2D eigenvalue weighted by atomic mass is 10.1. The Morgan fingerprint density at radius 2 is 2.04 bits per heavy atom. The number of furan rings is 1. The average molecular weight is 344 g/mol. The first-order valence-electron chi connectivity index (χ1n) is 8.30. The predicted molar refractivity (Wildman–Crippen MR) is 95.3 cm³/mol. The molecule has 2 amide bonds. The molecule has 6 nitrogen and oxygen atoms in total. The zero-order valence-corrected chi connectivity index (χ0v) is 14.9. The van der Waals surface area contributed by atoms with Gasteiger partial charge < -0.3 is 19.4 Å². The molecule has 134 valence electrons. The highest BCUT2D eigenvalue weighted by atomic mass is 16.5. The topological polar surface area (TPSA) is 71.8 Å². The van der Waals surface area contributed by atoms with E-state index in [1.165, 1.54) is 4.90 Å². The van der Waals surface area contributed by atoms with E-state index in [0.29, 0.717) is 12.4 Å². The summed E-state index contributed by atoms with van der Waals surface area (Å²) in [7, 11) is 0. The molecule has 1 heterocycles. The van der Waals surface area contributed by atoms with E-state index in [9.17, 15) is 9.59 Å². The predicted octanol–water partition coefficient (Wildman–Crippen LogP) is 3.88. The van der Waals surface area contributed by atoms with Gasteiger partial charge in [-0.1, -0.05) is 17.7 Å². The van der Waals surface area contributed by atoms with E-state index in [0.717, 1.165) is 16.8 Å². The van der Waals surface area contributed by atoms with Crippen LogP contribution in [-0.2, 0) is 16.1 Å². The van der Waals surface area contributed by atoms with E-state index in [4.69, 9.17) is 9.15 Å². The van der Waals surface area contributed by atoms with Crippen LogP contribution in [-0.4, -0.2) is 30.1 Å². The van der Waals surface area contributed by atoms with Crippen molar-refractivity contribution in [3.05, 3.63) is 53.5 Å². The lowest BCUT2D eigenvalue weighted by Crippen LogP contribution is -2.36. The number of urea groups is 1. The van der Waals surface area contributed by atoms with Crippen LogP contribution >= 0.6 is 0 Å². The Hall–Kier alpha value is -2.76. The molecule has 0 saturated heterocycles. The van der Waals surface area contributed by atoms with Gasteiger partial charge in [-0.15, -0.1) is 0 Å². The standard InChI is InChI=1S/C19H24N2O4/c1-4-24-18(22)9-10-21(13-16-6-5-11-25-16)19(23)20-17-8-7-14(2)12-15(17)3/h5-8,11-12H,4,9-10,13H2,1-3H3,(H,20,23). The molecule has 2 aromatic rings. The molecule has 0 radical (unpaired) electrons. The molecule has 0 bridgehead atoms. The molecular formula is C19H24N2O4. The van der Waals surface area contributed by atoms with Crippen molar-refractivity contribution in [1.29, 1.82) is 0 Å². The minimum absolute atomic E-state index is 0.134. The van der Waals surface area contributed by atoms with Gasteiger partial charge in [-0.3, -0.25) is 4.79 Å². The number of nitrogens with one attached hydrogen (secondary N) is 1. The number of anilines is 1. The summed E-state index contributed by atoms with van der Waals surface area (Å²) >= 11 is 0. The molecule has 6 heteroatoms. The highest BCUT2D eigenvalue weighted by molar-refractivity contribution is 5.90. The second-order valence-corrected chi connectivity index (χ2v) is 5.80. The van der Waals surface area contributed by atoms with Crippen LogP contribution in [0.2, 0.25) is 0 Å². The Labute approximate surface area is 147 Å². The number of nitrogens with zero attached hydrogens (tertiary/aromatic N) is 1. The summed E-state index contributed by atoms with van der Waals surface area (Å²) in [6.07, 6.45) is 1.69. The number of amides is 2. The van der Waals surface area contributed by atoms with Gasteiger partial charge in [-0.05, 0) is 44.5 Å². The van der Waals surface area contributed by atoms with Crippen LogP contribution in [0.4, 0.5) is 10.5 Å². The third-order valence-electron chi connectivity index (χ3n) is 3.73. The number of aryl methyl sites for hydroxylation is 2. The lowest BCUT2D eigenvalue weighted by Gasteiger charge is -2.22. The normalized spacial score (nSPS) is 10.4. The SMILES string of the molecule is CCOC(=O)CCN(Cc1ccco1)C(=O)Nc1ccc(C)cc1C. The van der Waals surface area contributed by atoms with Crippen LogP contribution in [0.25, 0.3) is 0 Å². The molecular weight excluding hydrogens is 320 g/mol. The van der Waals surface area contributed by atoms with Crippen molar-refractivity contribution in [1.82, 2.24) is 4.90 Å². The molecule has 0 aliphatic rings. The van der Waals surface area contributed by atoms with Crippen LogP contribution in [0, 0.1) is 13.8 Å². The minimum atomic E-state index is -0.328. The van der Waals surface area contributed by atoms with Gasteiger partial charge in [0.25, 0.3) is 0 Å². The number of benzene rings is 1. The molecule has 1 aromatic heterocycles. The van der Waals surface area contributed by atoms with Gasteiger partial charge >= 0.3 is 12.0 Å². The Morgan fingerprint density at radius 3 is 2.68 bits per heavy atom. The second-order valence-electron chi connectivity index (χ2n) is 5.80.